The molecule has 0 radical (unpaired) electrons. The highest BCUT2D eigenvalue weighted by atomic mass is 35.5. The highest BCUT2D eigenvalue weighted by molar-refractivity contribution is 6.34. The van der Waals surface area contributed by atoms with E-state index in [1.54, 1.807) is 43.9 Å². The van der Waals surface area contributed by atoms with E-state index in [9.17, 15) is 19.5 Å². The summed E-state index contributed by atoms with van der Waals surface area (Å²) in [5.41, 5.74) is 1.79. The van der Waals surface area contributed by atoms with Crippen LogP contribution < -0.4 is 10.6 Å². The summed E-state index contributed by atoms with van der Waals surface area (Å²) in [7, 11) is 0. The number of carbonyl (C=O) groups excluding carboxylic acids is 3. The molecule has 0 saturated heterocycles. The lowest BCUT2D eigenvalue weighted by Gasteiger charge is -2.39. The Labute approximate surface area is 272 Å². The zero-order chi connectivity index (χ0) is 33.3. The predicted octanol–water partition coefficient (Wildman–Crippen LogP) is 7.82. The molecule has 0 saturated carbocycles. The van der Waals surface area contributed by atoms with E-state index in [1.807, 2.05) is 56.3 Å². The second-order valence-electron chi connectivity index (χ2n) is 12.9. The number of para-hydroxylation sites is 1. The van der Waals surface area contributed by atoms with E-state index in [0.717, 1.165) is 12.0 Å². The summed E-state index contributed by atoms with van der Waals surface area (Å²) in [6, 6.07) is 18.4. The number of phenols is 1. The zero-order valence-electron chi connectivity index (χ0n) is 27.3. The summed E-state index contributed by atoms with van der Waals surface area (Å²) in [6.45, 7) is 13.2. The number of aryl methyl sites for hydroxylation is 1. The van der Waals surface area contributed by atoms with E-state index in [2.05, 4.69) is 24.5 Å². The molecule has 3 atom stereocenters. The molecule has 3 aromatic rings. The molecule has 0 aliphatic carbocycles. The summed E-state index contributed by atoms with van der Waals surface area (Å²) in [6.07, 6.45) is 0.809. The van der Waals surface area contributed by atoms with E-state index in [-0.39, 0.29) is 18.2 Å². The maximum Gasteiger partial charge on any atom is 0.408 e. The smallest absolute Gasteiger partial charge is 0.408 e. The molecule has 8 nitrogen and oxygen atoms in total. The number of rotatable bonds is 12. The average Bonchev–Trinajstić information content (AvgIpc) is 2.96. The SMILES string of the molecule is Cc1cccc(Cl)c1NC(=O)C(c1ccccc1)N(C(=O)C(Cc1ccc(O)cc1)NC(=O)OC(C)(C)C)C(C)CCC(C)C. The van der Waals surface area contributed by atoms with Gasteiger partial charge in [0.05, 0.1) is 10.7 Å². The Morgan fingerprint density at radius 3 is 2.13 bits per heavy atom. The van der Waals surface area contributed by atoms with Gasteiger partial charge >= 0.3 is 6.09 Å². The van der Waals surface area contributed by atoms with Crippen molar-refractivity contribution in [3.05, 3.63) is 94.5 Å². The molecular weight excluding hydrogens is 590 g/mol. The Kier molecular flexibility index (Phi) is 12.4. The normalized spacial score (nSPS) is 13.4. The number of amides is 3. The fourth-order valence-electron chi connectivity index (χ4n) is 5.07. The van der Waals surface area contributed by atoms with E-state index in [1.165, 1.54) is 12.1 Å². The van der Waals surface area contributed by atoms with Crippen molar-refractivity contribution in [2.45, 2.75) is 91.5 Å². The Morgan fingerprint density at radius 2 is 1.56 bits per heavy atom. The van der Waals surface area contributed by atoms with Gasteiger partial charge in [0, 0.05) is 12.5 Å². The molecular formula is C36H46ClN3O5. The number of anilines is 1. The molecule has 3 unspecified atom stereocenters. The number of aromatic hydroxyl groups is 1. The quantitative estimate of drug-likeness (QED) is 0.188. The number of hydrogen-bond acceptors (Lipinski definition) is 5. The van der Waals surface area contributed by atoms with Crippen molar-refractivity contribution in [1.29, 1.82) is 0 Å². The minimum atomic E-state index is -1.08. The molecule has 9 heteroatoms. The summed E-state index contributed by atoms with van der Waals surface area (Å²) in [4.78, 5) is 43.8. The Morgan fingerprint density at radius 1 is 0.911 bits per heavy atom. The first-order chi connectivity index (χ1) is 21.2. The number of halogens is 1. The molecule has 45 heavy (non-hydrogen) atoms. The number of hydrogen-bond donors (Lipinski definition) is 3. The van der Waals surface area contributed by atoms with Crippen molar-refractivity contribution in [3.63, 3.8) is 0 Å². The molecule has 3 amide bonds. The highest BCUT2D eigenvalue weighted by Gasteiger charge is 2.39. The van der Waals surface area contributed by atoms with Gasteiger partial charge in [0.2, 0.25) is 5.91 Å². The first-order valence-electron chi connectivity index (χ1n) is 15.4. The molecule has 0 fully saturated rings. The molecule has 242 valence electrons. The van der Waals surface area contributed by atoms with Gasteiger partial charge in [0.15, 0.2) is 0 Å². The second kappa shape index (κ2) is 15.8. The standard InChI is InChI=1S/C36H46ClN3O5/c1-23(2)16-17-25(4)40(32(27-13-9-8-10-14-27)33(42)39-31-24(3)12-11-15-29(31)37)34(43)30(38-35(44)45-36(5,6)7)22-26-18-20-28(41)21-19-26/h8-15,18-21,23,25,30,32,41H,16-17,22H2,1-7H3,(H,38,44)(H,39,42). The topological polar surface area (TPSA) is 108 Å². The predicted molar refractivity (Wildman–Crippen MR) is 179 cm³/mol. The second-order valence-corrected chi connectivity index (χ2v) is 13.3. The first kappa shape index (κ1) is 35.4. The number of phenolic OH excluding ortho intramolecular Hbond substituents is 1. The lowest BCUT2D eigenvalue weighted by Crippen LogP contribution is -2.55. The minimum Gasteiger partial charge on any atom is -0.508 e. The van der Waals surface area contributed by atoms with E-state index in [0.29, 0.717) is 34.2 Å². The van der Waals surface area contributed by atoms with E-state index in [4.69, 9.17) is 16.3 Å². The third kappa shape index (κ3) is 10.5. The first-order valence-corrected chi connectivity index (χ1v) is 15.7. The van der Waals surface area contributed by atoms with E-state index >= 15 is 0 Å². The summed E-state index contributed by atoms with van der Waals surface area (Å²) < 4.78 is 5.54. The molecule has 3 aromatic carbocycles. The maximum absolute atomic E-state index is 14.8. The zero-order valence-corrected chi connectivity index (χ0v) is 28.0. The molecule has 0 aliphatic rings. The number of ether oxygens (including phenoxy) is 1. The summed E-state index contributed by atoms with van der Waals surface area (Å²) in [5, 5.41) is 16.0. The van der Waals surface area contributed by atoms with Crippen LogP contribution in [0.5, 0.6) is 5.75 Å². The Hall–Kier alpha value is -4.04. The van der Waals surface area contributed by atoms with Crippen molar-refractivity contribution in [2.75, 3.05) is 5.32 Å². The third-order valence-electron chi connectivity index (χ3n) is 7.37. The molecule has 3 N–H and O–H groups in total. The van der Waals surface area contributed by atoms with Crippen LogP contribution in [-0.4, -0.2) is 45.6 Å². The van der Waals surface area contributed by atoms with Crippen LogP contribution in [0, 0.1) is 12.8 Å². The van der Waals surface area contributed by atoms with Gasteiger partial charge in [0.25, 0.3) is 5.91 Å². The largest absolute Gasteiger partial charge is 0.508 e. The van der Waals surface area contributed by atoms with Crippen LogP contribution in [0.1, 0.15) is 77.1 Å². The van der Waals surface area contributed by atoms with Gasteiger partial charge in [-0.15, -0.1) is 0 Å². The van der Waals surface area contributed by atoms with Gasteiger partial charge in [0.1, 0.15) is 23.4 Å². The number of alkyl carbamates (subject to hydrolysis) is 1. The van der Waals surface area contributed by atoms with Crippen LogP contribution in [0.2, 0.25) is 5.02 Å². The number of nitrogens with one attached hydrogen (secondary N) is 2. The lowest BCUT2D eigenvalue weighted by atomic mass is 9.95. The average molecular weight is 636 g/mol. The van der Waals surface area contributed by atoms with Crippen molar-refractivity contribution < 1.29 is 24.2 Å². The van der Waals surface area contributed by atoms with E-state index < -0.39 is 35.6 Å². The van der Waals surface area contributed by atoms with Gasteiger partial charge in [-0.05, 0) is 88.3 Å². The van der Waals surface area contributed by atoms with Crippen LogP contribution >= 0.6 is 11.6 Å². The van der Waals surface area contributed by atoms with Crippen LogP contribution in [0.4, 0.5) is 10.5 Å². The third-order valence-corrected chi connectivity index (χ3v) is 7.68. The van der Waals surface area contributed by atoms with Gasteiger partial charge in [-0.1, -0.05) is 80.0 Å². The van der Waals surface area contributed by atoms with Crippen molar-refractivity contribution >= 4 is 35.2 Å². The molecule has 0 bridgehead atoms. The number of carbonyl (C=O) groups is 3. The molecule has 3 rings (SSSR count). The summed E-state index contributed by atoms with van der Waals surface area (Å²) in [5.74, 6) is -0.416. The van der Waals surface area contributed by atoms with Gasteiger partial charge in [-0.3, -0.25) is 9.59 Å². The van der Waals surface area contributed by atoms with Crippen LogP contribution in [0.15, 0.2) is 72.8 Å². The molecule has 0 spiro atoms. The highest BCUT2D eigenvalue weighted by Crippen LogP contribution is 2.32. The van der Waals surface area contributed by atoms with Gasteiger partial charge in [-0.25, -0.2) is 4.79 Å². The van der Waals surface area contributed by atoms with Crippen molar-refractivity contribution in [1.82, 2.24) is 10.2 Å². The monoisotopic (exact) mass is 635 g/mol. The van der Waals surface area contributed by atoms with Crippen LogP contribution in [0.3, 0.4) is 0 Å². The molecule has 0 aromatic heterocycles. The van der Waals surface area contributed by atoms with Crippen LogP contribution in [-0.2, 0) is 20.7 Å². The maximum atomic E-state index is 14.8. The van der Waals surface area contributed by atoms with Crippen LogP contribution in [0.25, 0.3) is 0 Å². The van der Waals surface area contributed by atoms with Crippen molar-refractivity contribution in [2.24, 2.45) is 5.92 Å². The fourth-order valence-corrected chi connectivity index (χ4v) is 5.33. The fraction of sp³-hybridized carbons (Fsp3) is 0.417. The Bertz CT molecular complexity index is 1420. The molecule has 0 heterocycles. The minimum absolute atomic E-state index is 0.0846. The molecule has 0 aliphatic heterocycles. The van der Waals surface area contributed by atoms with Gasteiger partial charge in [-0.2, -0.15) is 0 Å². The summed E-state index contributed by atoms with van der Waals surface area (Å²) >= 11 is 6.50. The van der Waals surface area contributed by atoms with Gasteiger partial charge < -0.3 is 25.4 Å². The Balaban J connectivity index is 2.13. The lowest BCUT2D eigenvalue weighted by molar-refractivity contribution is -0.143. The van der Waals surface area contributed by atoms with Crippen molar-refractivity contribution in [3.8, 4) is 5.75 Å². The number of nitrogens with zero attached hydrogens (tertiary/aromatic N) is 1. The number of benzene rings is 3.